The van der Waals surface area contributed by atoms with Gasteiger partial charge in [-0.15, -0.1) is 0 Å². The molecule has 1 fully saturated rings. The van der Waals surface area contributed by atoms with E-state index in [-0.39, 0.29) is 19.0 Å². The molecule has 1 heterocycles. The van der Waals surface area contributed by atoms with Crippen LogP contribution in [0.1, 0.15) is 12.8 Å². The smallest absolute Gasteiger partial charge is 0.305 e. The van der Waals surface area contributed by atoms with Crippen LogP contribution in [0.25, 0.3) is 0 Å². The van der Waals surface area contributed by atoms with Gasteiger partial charge in [0.15, 0.2) is 0 Å². The number of esters is 1. The fourth-order valence-corrected chi connectivity index (χ4v) is 0.613. The van der Waals surface area contributed by atoms with Gasteiger partial charge in [-0.1, -0.05) is 0 Å². The van der Waals surface area contributed by atoms with E-state index in [1.165, 1.54) is 0 Å². The molecule has 0 radical (unpaired) electrons. The Kier molecular flexibility index (Phi) is 1.46. The summed E-state index contributed by atoms with van der Waals surface area (Å²) in [4.78, 5) is 10.2. The van der Waals surface area contributed by atoms with Crippen LogP contribution in [0, 0.1) is 0 Å². The molecule has 0 aromatic rings. The summed E-state index contributed by atoms with van der Waals surface area (Å²) in [6.07, 6.45) is -0.354. The lowest BCUT2D eigenvalue weighted by Crippen LogP contribution is -2.22. The van der Waals surface area contributed by atoms with Crippen LogP contribution < -0.4 is 0 Å². The van der Waals surface area contributed by atoms with Crippen LogP contribution in [0.4, 0.5) is 4.39 Å². The number of cyclic esters (lactones) is 1. The Balaban J connectivity index is 2.29. The summed E-state index contributed by atoms with van der Waals surface area (Å²) in [5.74, 6) is -0.279. The zero-order valence-corrected chi connectivity index (χ0v) is 4.39. The second kappa shape index (κ2) is 2.11. The number of hydrogen-bond donors (Lipinski definition) is 0. The maximum atomic E-state index is 12.1. The Morgan fingerprint density at radius 1 is 1.75 bits per heavy atom. The molecule has 46 valence electrons. The topological polar surface area (TPSA) is 26.3 Å². The molecule has 0 aliphatic carbocycles. The number of carbonyl (C=O) groups excluding carboxylic acids is 1. The summed E-state index contributed by atoms with van der Waals surface area (Å²) in [6.45, 7) is -0.0428. The normalized spacial score (nSPS) is 29.6. The van der Waals surface area contributed by atoms with Gasteiger partial charge in [-0.05, 0) is 6.42 Å². The Labute approximate surface area is 46.6 Å². The average Bonchev–Trinajstić information content (AvgIpc) is 1.77. The average molecular weight is 118 g/mol. The molecule has 0 N–H and O–H groups in total. The van der Waals surface area contributed by atoms with E-state index < -0.39 is 6.17 Å². The summed E-state index contributed by atoms with van der Waals surface area (Å²) in [5.41, 5.74) is 0. The lowest BCUT2D eigenvalue weighted by molar-refractivity contribution is -0.150. The Bertz CT molecular complexity index is 92.6. The highest BCUT2D eigenvalue weighted by Crippen LogP contribution is 2.09. The third-order valence-electron chi connectivity index (χ3n) is 1.09. The van der Waals surface area contributed by atoms with Crippen molar-refractivity contribution in [3.05, 3.63) is 0 Å². The lowest BCUT2D eigenvalue weighted by Gasteiger charge is -2.13. The van der Waals surface area contributed by atoms with E-state index in [4.69, 9.17) is 0 Å². The second-order valence-corrected chi connectivity index (χ2v) is 1.82. The molecule has 3 heteroatoms. The van der Waals surface area contributed by atoms with E-state index >= 15 is 0 Å². The quantitative estimate of drug-likeness (QED) is 0.437. The molecule has 0 bridgehead atoms. The lowest BCUT2D eigenvalue weighted by atomic mass is 10.2. The minimum atomic E-state index is -0.923. The van der Waals surface area contributed by atoms with Crippen LogP contribution in [0.3, 0.4) is 0 Å². The number of rotatable bonds is 0. The molecule has 1 rings (SSSR count). The largest absolute Gasteiger partial charge is 0.463 e. The maximum absolute atomic E-state index is 12.1. The minimum absolute atomic E-state index is 0.0428. The van der Waals surface area contributed by atoms with Gasteiger partial charge in [-0.25, -0.2) is 4.39 Å². The number of hydrogen-bond acceptors (Lipinski definition) is 2. The second-order valence-electron chi connectivity index (χ2n) is 1.82. The molecule has 0 aromatic heterocycles. The van der Waals surface area contributed by atoms with Crippen LogP contribution in [0.2, 0.25) is 0 Å². The summed E-state index contributed by atoms with van der Waals surface area (Å²) < 4.78 is 16.5. The Morgan fingerprint density at radius 3 is 2.88 bits per heavy atom. The Hall–Kier alpha value is -0.600. The van der Waals surface area contributed by atoms with Crippen LogP contribution in [-0.4, -0.2) is 18.7 Å². The predicted molar refractivity (Wildman–Crippen MR) is 25.1 cm³/mol. The van der Waals surface area contributed by atoms with E-state index in [1.807, 2.05) is 0 Å². The SMILES string of the molecule is O=C1CCC(F)CO1. The first kappa shape index (κ1) is 5.54. The van der Waals surface area contributed by atoms with Gasteiger partial charge in [0, 0.05) is 6.42 Å². The molecule has 0 amide bonds. The van der Waals surface area contributed by atoms with Gasteiger partial charge in [0.2, 0.25) is 0 Å². The molecular formula is C5H7FO2. The molecule has 1 saturated heterocycles. The van der Waals surface area contributed by atoms with Gasteiger partial charge in [0.05, 0.1) is 0 Å². The van der Waals surface area contributed by atoms with Gasteiger partial charge in [0.25, 0.3) is 0 Å². The highest BCUT2D eigenvalue weighted by atomic mass is 19.1. The Morgan fingerprint density at radius 2 is 2.50 bits per heavy atom. The summed E-state index contributed by atoms with van der Waals surface area (Å²) in [6, 6.07) is 0. The fourth-order valence-electron chi connectivity index (χ4n) is 0.613. The summed E-state index contributed by atoms with van der Waals surface area (Å²) >= 11 is 0. The highest BCUT2D eigenvalue weighted by Gasteiger charge is 2.17. The van der Waals surface area contributed by atoms with Gasteiger partial charge in [-0.3, -0.25) is 4.79 Å². The first-order valence-electron chi connectivity index (χ1n) is 2.59. The van der Waals surface area contributed by atoms with E-state index in [2.05, 4.69) is 4.74 Å². The molecule has 8 heavy (non-hydrogen) atoms. The predicted octanol–water partition coefficient (Wildman–Crippen LogP) is 0.661. The molecule has 1 aliphatic heterocycles. The molecule has 0 saturated carbocycles. The van der Waals surface area contributed by atoms with E-state index in [0.29, 0.717) is 6.42 Å². The summed E-state index contributed by atoms with van der Waals surface area (Å²) in [7, 11) is 0. The third kappa shape index (κ3) is 1.18. The van der Waals surface area contributed by atoms with Crippen LogP contribution in [0.15, 0.2) is 0 Å². The van der Waals surface area contributed by atoms with Crippen molar-refractivity contribution < 1.29 is 13.9 Å². The van der Waals surface area contributed by atoms with Gasteiger partial charge < -0.3 is 4.74 Å². The number of halogens is 1. The van der Waals surface area contributed by atoms with Gasteiger partial charge in [-0.2, -0.15) is 0 Å². The molecule has 0 spiro atoms. The van der Waals surface area contributed by atoms with E-state index in [9.17, 15) is 9.18 Å². The molecule has 1 atom stereocenters. The number of ether oxygens (including phenoxy) is 1. The van der Waals surface area contributed by atoms with Crippen molar-refractivity contribution in [1.29, 1.82) is 0 Å². The van der Waals surface area contributed by atoms with Crippen LogP contribution in [0.5, 0.6) is 0 Å². The molecule has 1 aliphatic rings. The van der Waals surface area contributed by atoms with Crippen LogP contribution in [-0.2, 0) is 9.53 Å². The van der Waals surface area contributed by atoms with E-state index in [1.54, 1.807) is 0 Å². The fraction of sp³-hybridized carbons (Fsp3) is 0.800. The van der Waals surface area contributed by atoms with Crippen LogP contribution >= 0.6 is 0 Å². The number of alkyl halides is 1. The van der Waals surface area contributed by atoms with Crippen molar-refractivity contribution in [3.8, 4) is 0 Å². The van der Waals surface area contributed by atoms with Crippen molar-refractivity contribution in [3.63, 3.8) is 0 Å². The monoisotopic (exact) mass is 118 g/mol. The molecule has 0 aromatic carbocycles. The maximum Gasteiger partial charge on any atom is 0.305 e. The molecular weight excluding hydrogens is 111 g/mol. The number of carbonyl (C=O) groups is 1. The van der Waals surface area contributed by atoms with Crippen molar-refractivity contribution >= 4 is 5.97 Å². The van der Waals surface area contributed by atoms with E-state index in [0.717, 1.165) is 0 Å². The zero-order valence-electron chi connectivity index (χ0n) is 4.39. The van der Waals surface area contributed by atoms with Gasteiger partial charge in [0.1, 0.15) is 12.8 Å². The van der Waals surface area contributed by atoms with Crippen molar-refractivity contribution in [2.45, 2.75) is 19.0 Å². The molecule has 2 nitrogen and oxygen atoms in total. The first-order chi connectivity index (χ1) is 3.79. The molecule has 1 unspecified atom stereocenters. The highest BCUT2D eigenvalue weighted by molar-refractivity contribution is 5.70. The van der Waals surface area contributed by atoms with Crippen molar-refractivity contribution in [2.24, 2.45) is 0 Å². The standard InChI is InChI=1S/C5H7FO2/c6-4-1-2-5(7)8-3-4/h4H,1-3H2. The third-order valence-corrected chi connectivity index (χ3v) is 1.09. The van der Waals surface area contributed by atoms with Gasteiger partial charge >= 0.3 is 5.97 Å². The van der Waals surface area contributed by atoms with Crippen molar-refractivity contribution in [1.82, 2.24) is 0 Å². The minimum Gasteiger partial charge on any atom is -0.463 e. The van der Waals surface area contributed by atoms with Crippen molar-refractivity contribution in [2.75, 3.05) is 6.61 Å². The zero-order chi connectivity index (χ0) is 5.98. The first-order valence-corrected chi connectivity index (χ1v) is 2.59. The summed E-state index contributed by atoms with van der Waals surface area (Å²) in [5, 5.41) is 0.